The molecule has 0 unspecified atom stereocenters. The van der Waals surface area contributed by atoms with Gasteiger partial charge in [-0.3, -0.25) is 4.79 Å². The molecule has 6 heteroatoms. The summed E-state index contributed by atoms with van der Waals surface area (Å²) in [5.74, 6) is 0.210. The van der Waals surface area contributed by atoms with Crippen LogP contribution in [0.25, 0.3) is 0 Å². The van der Waals surface area contributed by atoms with Crippen LogP contribution in [-0.4, -0.2) is 55.1 Å². The summed E-state index contributed by atoms with van der Waals surface area (Å²) in [7, 11) is 0. The van der Waals surface area contributed by atoms with Crippen LogP contribution in [0.5, 0.6) is 0 Å². The molecule has 0 saturated carbocycles. The molecule has 100 valence electrons. The lowest BCUT2D eigenvalue weighted by Crippen LogP contribution is -2.50. The van der Waals surface area contributed by atoms with Gasteiger partial charge in [-0.25, -0.2) is 4.98 Å². The minimum atomic E-state index is 0.210. The van der Waals surface area contributed by atoms with Crippen molar-refractivity contribution in [3.05, 3.63) is 11.6 Å². The zero-order valence-corrected chi connectivity index (χ0v) is 11.6. The van der Waals surface area contributed by atoms with Gasteiger partial charge < -0.3 is 15.1 Å². The van der Waals surface area contributed by atoms with E-state index >= 15 is 0 Å². The third-order valence-electron chi connectivity index (χ3n) is 3.03. The zero-order valence-electron chi connectivity index (χ0n) is 10.8. The fraction of sp³-hybridized carbons (Fsp3) is 0.667. The van der Waals surface area contributed by atoms with E-state index in [0.29, 0.717) is 6.54 Å². The van der Waals surface area contributed by atoms with Crippen LogP contribution in [0.1, 0.15) is 13.3 Å². The number of carbonyl (C=O) groups is 1. The number of nitrogens with one attached hydrogen (secondary N) is 1. The molecule has 0 atom stereocenters. The van der Waals surface area contributed by atoms with Crippen molar-refractivity contribution < 1.29 is 4.79 Å². The first kappa shape index (κ1) is 13.3. The van der Waals surface area contributed by atoms with Crippen LogP contribution in [0.3, 0.4) is 0 Å². The van der Waals surface area contributed by atoms with Crippen LogP contribution in [-0.2, 0) is 4.79 Å². The Kier molecular flexibility index (Phi) is 4.95. The summed E-state index contributed by atoms with van der Waals surface area (Å²) in [6.07, 6.45) is 2.89. The Balaban J connectivity index is 1.74. The first-order valence-electron chi connectivity index (χ1n) is 6.44. The molecule has 18 heavy (non-hydrogen) atoms. The van der Waals surface area contributed by atoms with Crippen LogP contribution in [0.2, 0.25) is 0 Å². The molecule has 0 spiro atoms. The quantitative estimate of drug-likeness (QED) is 0.802. The van der Waals surface area contributed by atoms with Gasteiger partial charge in [-0.15, -0.1) is 11.3 Å². The van der Waals surface area contributed by atoms with Gasteiger partial charge in [0.15, 0.2) is 5.13 Å². The van der Waals surface area contributed by atoms with E-state index in [4.69, 9.17) is 0 Å². The number of carbonyl (C=O) groups excluding carboxylic acids is 1. The zero-order chi connectivity index (χ0) is 12.8. The van der Waals surface area contributed by atoms with Crippen molar-refractivity contribution in [1.29, 1.82) is 0 Å². The van der Waals surface area contributed by atoms with Gasteiger partial charge in [0.1, 0.15) is 0 Å². The number of aromatic nitrogens is 1. The minimum Gasteiger partial charge on any atom is -0.345 e. The average Bonchev–Trinajstić information content (AvgIpc) is 2.93. The predicted molar refractivity (Wildman–Crippen MR) is 74.1 cm³/mol. The SMILES string of the molecule is CCCNCC(=O)N1CCN(c2nccs2)CC1. The number of rotatable bonds is 5. The maximum Gasteiger partial charge on any atom is 0.236 e. The lowest BCUT2D eigenvalue weighted by molar-refractivity contribution is -0.130. The lowest BCUT2D eigenvalue weighted by atomic mass is 10.3. The topological polar surface area (TPSA) is 48.5 Å². The molecule has 1 aromatic heterocycles. The predicted octanol–water partition coefficient (Wildman–Crippen LogP) is 0.791. The van der Waals surface area contributed by atoms with Crippen LogP contribution in [0, 0.1) is 0 Å². The summed E-state index contributed by atoms with van der Waals surface area (Å²) in [5.41, 5.74) is 0. The highest BCUT2D eigenvalue weighted by Gasteiger charge is 2.21. The number of nitrogens with zero attached hydrogens (tertiary/aromatic N) is 3. The molecule has 0 radical (unpaired) electrons. The van der Waals surface area contributed by atoms with E-state index in [1.165, 1.54) is 0 Å². The summed E-state index contributed by atoms with van der Waals surface area (Å²) < 4.78 is 0. The van der Waals surface area contributed by atoms with Crippen molar-refractivity contribution in [3.63, 3.8) is 0 Å². The van der Waals surface area contributed by atoms with E-state index < -0.39 is 0 Å². The Bertz CT molecular complexity index is 360. The highest BCUT2D eigenvalue weighted by molar-refractivity contribution is 7.13. The van der Waals surface area contributed by atoms with Crippen LogP contribution in [0.4, 0.5) is 5.13 Å². The summed E-state index contributed by atoms with van der Waals surface area (Å²) >= 11 is 1.65. The molecule has 1 N–H and O–H groups in total. The fourth-order valence-electron chi connectivity index (χ4n) is 2.00. The molecular formula is C12H20N4OS. The molecule has 1 aliphatic rings. The van der Waals surface area contributed by atoms with Crippen LogP contribution < -0.4 is 10.2 Å². The molecule has 2 rings (SSSR count). The molecule has 0 aromatic carbocycles. The van der Waals surface area contributed by atoms with Gasteiger partial charge >= 0.3 is 0 Å². The third kappa shape index (κ3) is 3.43. The van der Waals surface area contributed by atoms with Crippen molar-refractivity contribution in [3.8, 4) is 0 Å². The van der Waals surface area contributed by atoms with E-state index in [0.717, 1.165) is 44.3 Å². The number of hydrogen-bond acceptors (Lipinski definition) is 5. The first-order valence-corrected chi connectivity index (χ1v) is 7.32. The van der Waals surface area contributed by atoms with Crippen molar-refractivity contribution in [1.82, 2.24) is 15.2 Å². The minimum absolute atomic E-state index is 0.210. The number of thiazole rings is 1. The van der Waals surface area contributed by atoms with Gasteiger partial charge in [-0.2, -0.15) is 0 Å². The molecule has 1 aromatic rings. The Morgan fingerprint density at radius 2 is 2.22 bits per heavy atom. The van der Waals surface area contributed by atoms with Gasteiger partial charge in [0.05, 0.1) is 6.54 Å². The Labute approximate surface area is 112 Å². The highest BCUT2D eigenvalue weighted by Crippen LogP contribution is 2.18. The van der Waals surface area contributed by atoms with Crippen LogP contribution >= 0.6 is 11.3 Å². The number of anilines is 1. The van der Waals surface area contributed by atoms with E-state index in [2.05, 4.69) is 22.1 Å². The summed E-state index contributed by atoms with van der Waals surface area (Å²) in [6, 6.07) is 0. The lowest BCUT2D eigenvalue weighted by Gasteiger charge is -2.34. The second kappa shape index (κ2) is 6.70. The Morgan fingerprint density at radius 3 is 2.83 bits per heavy atom. The summed E-state index contributed by atoms with van der Waals surface area (Å²) in [6.45, 7) is 6.83. The number of amides is 1. The highest BCUT2D eigenvalue weighted by atomic mass is 32.1. The average molecular weight is 268 g/mol. The van der Waals surface area contributed by atoms with Crippen molar-refractivity contribution in [2.45, 2.75) is 13.3 Å². The second-order valence-corrected chi connectivity index (χ2v) is 5.23. The molecule has 0 bridgehead atoms. The van der Waals surface area contributed by atoms with Gasteiger partial charge in [0, 0.05) is 37.8 Å². The first-order chi connectivity index (χ1) is 8.81. The molecule has 1 aliphatic heterocycles. The molecule has 0 aliphatic carbocycles. The fourth-order valence-corrected chi connectivity index (χ4v) is 2.70. The summed E-state index contributed by atoms with van der Waals surface area (Å²) in [5, 5.41) is 6.20. The van der Waals surface area contributed by atoms with Crippen molar-refractivity contribution >= 4 is 22.4 Å². The Morgan fingerprint density at radius 1 is 1.44 bits per heavy atom. The number of hydrogen-bond donors (Lipinski definition) is 1. The largest absolute Gasteiger partial charge is 0.345 e. The molecule has 1 saturated heterocycles. The monoisotopic (exact) mass is 268 g/mol. The number of piperazine rings is 1. The second-order valence-electron chi connectivity index (χ2n) is 4.36. The molecule has 1 amide bonds. The Hall–Kier alpha value is -1.14. The molecular weight excluding hydrogens is 248 g/mol. The van der Waals surface area contributed by atoms with Crippen molar-refractivity contribution in [2.75, 3.05) is 44.2 Å². The maximum atomic E-state index is 11.9. The van der Waals surface area contributed by atoms with E-state index in [9.17, 15) is 4.79 Å². The van der Waals surface area contributed by atoms with Gasteiger partial charge in [0.2, 0.25) is 5.91 Å². The van der Waals surface area contributed by atoms with E-state index in [-0.39, 0.29) is 5.91 Å². The standard InChI is InChI=1S/C12H20N4OS/c1-2-3-13-10-11(17)15-5-7-16(8-6-15)12-14-4-9-18-12/h4,9,13H,2-3,5-8,10H2,1H3. The normalized spacial score (nSPS) is 16.1. The van der Waals surface area contributed by atoms with Gasteiger partial charge in [0.25, 0.3) is 0 Å². The molecule has 1 fully saturated rings. The maximum absolute atomic E-state index is 11.9. The van der Waals surface area contributed by atoms with E-state index in [1.54, 1.807) is 11.3 Å². The van der Waals surface area contributed by atoms with Gasteiger partial charge in [-0.1, -0.05) is 6.92 Å². The smallest absolute Gasteiger partial charge is 0.236 e. The third-order valence-corrected chi connectivity index (χ3v) is 3.86. The molecule has 2 heterocycles. The van der Waals surface area contributed by atoms with Crippen LogP contribution in [0.15, 0.2) is 11.6 Å². The van der Waals surface area contributed by atoms with E-state index in [1.807, 2.05) is 16.5 Å². The molecule has 5 nitrogen and oxygen atoms in total. The van der Waals surface area contributed by atoms with Crippen molar-refractivity contribution in [2.24, 2.45) is 0 Å². The van der Waals surface area contributed by atoms with Gasteiger partial charge in [-0.05, 0) is 13.0 Å². The summed E-state index contributed by atoms with van der Waals surface area (Å²) in [4.78, 5) is 20.4.